The first-order valence-corrected chi connectivity index (χ1v) is 6.49. The molecule has 0 aromatic heterocycles. The fourth-order valence-electron chi connectivity index (χ4n) is 2.69. The van der Waals surface area contributed by atoms with E-state index in [9.17, 15) is 4.79 Å². The number of nitrogens with zero attached hydrogens (tertiary/aromatic N) is 2. The van der Waals surface area contributed by atoms with Crippen LogP contribution in [0, 0.1) is 5.41 Å². The quantitative estimate of drug-likeness (QED) is 0.326. The van der Waals surface area contributed by atoms with Crippen LogP contribution in [0.2, 0.25) is 0 Å². The van der Waals surface area contributed by atoms with Gasteiger partial charge in [0.1, 0.15) is 5.41 Å². The number of carbonyl (C=O) groups is 1. The van der Waals surface area contributed by atoms with Crippen molar-refractivity contribution < 1.29 is 14.7 Å². The standard InChI is InChI=1S/C12H21N3O3/c1-9-8-15(6-3-7-18-9)11(16)12(4-2-5-12)10(13)14-17/h9,17H,2-8H2,1H3,(H2,13,14). The number of ether oxygens (including phenoxy) is 1. The Labute approximate surface area is 107 Å². The molecule has 1 amide bonds. The van der Waals surface area contributed by atoms with Crippen molar-refractivity contribution in [3.05, 3.63) is 0 Å². The number of amidine groups is 1. The Morgan fingerprint density at radius 1 is 1.50 bits per heavy atom. The van der Waals surface area contributed by atoms with Crippen molar-refractivity contribution in [3.8, 4) is 0 Å². The molecule has 0 radical (unpaired) electrons. The van der Waals surface area contributed by atoms with E-state index in [2.05, 4.69) is 5.16 Å². The smallest absolute Gasteiger partial charge is 0.236 e. The highest BCUT2D eigenvalue weighted by molar-refractivity contribution is 6.07. The molecular weight excluding hydrogens is 234 g/mol. The third-order valence-electron chi connectivity index (χ3n) is 3.95. The highest BCUT2D eigenvalue weighted by atomic mass is 16.5. The molecule has 18 heavy (non-hydrogen) atoms. The fraction of sp³-hybridized carbons (Fsp3) is 0.833. The number of amides is 1. The Balaban J connectivity index is 2.13. The Hall–Kier alpha value is -1.30. The molecular formula is C12H21N3O3. The predicted octanol–water partition coefficient (Wildman–Crippen LogP) is 0.540. The summed E-state index contributed by atoms with van der Waals surface area (Å²) in [5, 5.41) is 11.9. The van der Waals surface area contributed by atoms with Crippen LogP contribution in [-0.4, -0.2) is 47.7 Å². The van der Waals surface area contributed by atoms with Crippen molar-refractivity contribution >= 4 is 11.7 Å². The van der Waals surface area contributed by atoms with Crippen molar-refractivity contribution in [2.45, 2.75) is 38.7 Å². The third-order valence-corrected chi connectivity index (χ3v) is 3.95. The first-order valence-electron chi connectivity index (χ1n) is 6.49. The van der Waals surface area contributed by atoms with E-state index in [1.165, 1.54) is 0 Å². The Bertz CT molecular complexity index is 352. The molecule has 0 aromatic carbocycles. The van der Waals surface area contributed by atoms with Crippen LogP contribution in [0.5, 0.6) is 0 Å². The molecule has 2 fully saturated rings. The second-order valence-corrected chi connectivity index (χ2v) is 5.21. The van der Waals surface area contributed by atoms with Gasteiger partial charge in [0.15, 0.2) is 5.84 Å². The minimum Gasteiger partial charge on any atom is -0.409 e. The van der Waals surface area contributed by atoms with Crippen molar-refractivity contribution in [3.63, 3.8) is 0 Å². The van der Waals surface area contributed by atoms with Gasteiger partial charge in [-0.05, 0) is 26.2 Å². The Kier molecular flexibility index (Phi) is 3.75. The van der Waals surface area contributed by atoms with Gasteiger partial charge in [-0.3, -0.25) is 4.79 Å². The number of hydrogen-bond donors (Lipinski definition) is 2. The summed E-state index contributed by atoms with van der Waals surface area (Å²) in [6.45, 7) is 3.91. The molecule has 1 saturated heterocycles. The number of oxime groups is 1. The zero-order valence-corrected chi connectivity index (χ0v) is 10.8. The molecule has 0 bridgehead atoms. The Morgan fingerprint density at radius 2 is 2.22 bits per heavy atom. The van der Waals surface area contributed by atoms with E-state index < -0.39 is 5.41 Å². The summed E-state index contributed by atoms with van der Waals surface area (Å²) in [5.74, 6) is 0.0398. The number of rotatable bonds is 2. The molecule has 2 aliphatic rings. The third kappa shape index (κ3) is 2.16. The van der Waals surface area contributed by atoms with E-state index in [0.717, 1.165) is 12.8 Å². The van der Waals surface area contributed by atoms with Gasteiger partial charge < -0.3 is 20.6 Å². The lowest BCUT2D eigenvalue weighted by Crippen LogP contribution is -2.56. The predicted molar refractivity (Wildman–Crippen MR) is 66.3 cm³/mol. The average Bonchev–Trinajstić information content (AvgIpc) is 2.52. The summed E-state index contributed by atoms with van der Waals surface area (Å²) in [6.07, 6.45) is 3.17. The van der Waals surface area contributed by atoms with Crippen molar-refractivity contribution in [1.82, 2.24) is 4.90 Å². The molecule has 0 spiro atoms. The van der Waals surface area contributed by atoms with Crippen molar-refractivity contribution in [2.75, 3.05) is 19.7 Å². The lowest BCUT2D eigenvalue weighted by atomic mass is 9.66. The van der Waals surface area contributed by atoms with Crippen LogP contribution in [0.4, 0.5) is 0 Å². The van der Waals surface area contributed by atoms with Crippen LogP contribution >= 0.6 is 0 Å². The van der Waals surface area contributed by atoms with Crippen LogP contribution in [0.15, 0.2) is 5.16 Å². The van der Waals surface area contributed by atoms with E-state index in [-0.39, 0.29) is 17.8 Å². The zero-order chi connectivity index (χ0) is 13.2. The maximum Gasteiger partial charge on any atom is 0.236 e. The molecule has 1 atom stereocenters. The highest BCUT2D eigenvalue weighted by Gasteiger charge is 2.50. The van der Waals surface area contributed by atoms with Gasteiger partial charge in [0.25, 0.3) is 0 Å². The zero-order valence-electron chi connectivity index (χ0n) is 10.8. The van der Waals surface area contributed by atoms with Crippen LogP contribution in [0.1, 0.15) is 32.6 Å². The van der Waals surface area contributed by atoms with Gasteiger partial charge in [0.05, 0.1) is 6.10 Å². The summed E-state index contributed by atoms with van der Waals surface area (Å²) >= 11 is 0. The van der Waals surface area contributed by atoms with Crippen LogP contribution in [0.3, 0.4) is 0 Å². The largest absolute Gasteiger partial charge is 0.409 e. The molecule has 1 heterocycles. The number of nitrogens with two attached hydrogens (primary N) is 1. The Morgan fingerprint density at radius 3 is 2.78 bits per heavy atom. The van der Waals surface area contributed by atoms with Crippen LogP contribution < -0.4 is 5.73 Å². The molecule has 2 rings (SSSR count). The van der Waals surface area contributed by atoms with Gasteiger partial charge in [-0.15, -0.1) is 0 Å². The van der Waals surface area contributed by atoms with Crippen molar-refractivity contribution in [1.29, 1.82) is 0 Å². The van der Waals surface area contributed by atoms with Gasteiger partial charge in [-0.25, -0.2) is 0 Å². The summed E-state index contributed by atoms with van der Waals surface area (Å²) in [4.78, 5) is 14.4. The maximum absolute atomic E-state index is 12.6. The van der Waals surface area contributed by atoms with Gasteiger partial charge in [0, 0.05) is 19.7 Å². The lowest BCUT2D eigenvalue weighted by molar-refractivity contribution is -0.142. The molecule has 6 nitrogen and oxygen atoms in total. The molecule has 1 saturated carbocycles. The van der Waals surface area contributed by atoms with E-state index in [1.54, 1.807) is 4.90 Å². The average molecular weight is 255 g/mol. The lowest BCUT2D eigenvalue weighted by Gasteiger charge is -2.42. The van der Waals surface area contributed by atoms with Crippen LogP contribution in [0.25, 0.3) is 0 Å². The van der Waals surface area contributed by atoms with Crippen molar-refractivity contribution in [2.24, 2.45) is 16.3 Å². The number of carbonyl (C=O) groups excluding carboxylic acids is 1. The summed E-state index contributed by atoms with van der Waals surface area (Å²) in [5.41, 5.74) is 4.95. The monoisotopic (exact) mass is 255 g/mol. The van der Waals surface area contributed by atoms with Gasteiger partial charge in [-0.2, -0.15) is 0 Å². The van der Waals surface area contributed by atoms with E-state index in [0.29, 0.717) is 32.5 Å². The molecule has 0 aromatic rings. The summed E-state index contributed by atoms with van der Waals surface area (Å²) in [7, 11) is 0. The first-order chi connectivity index (χ1) is 8.60. The maximum atomic E-state index is 12.6. The SMILES string of the molecule is CC1CN(C(=O)C2(C(N)=NO)CCC2)CCCO1. The van der Waals surface area contributed by atoms with E-state index in [1.807, 2.05) is 6.92 Å². The molecule has 1 aliphatic carbocycles. The first kappa shape index (κ1) is 13.1. The minimum absolute atomic E-state index is 0.0126. The molecule has 1 aliphatic heterocycles. The fourth-order valence-corrected chi connectivity index (χ4v) is 2.69. The van der Waals surface area contributed by atoms with Crippen LogP contribution in [-0.2, 0) is 9.53 Å². The van der Waals surface area contributed by atoms with Gasteiger partial charge in [-0.1, -0.05) is 11.6 Å². The second-order valence-electron chi connectivity index (χ2n) is 5.21. The molecule has 1 unspecified atom stereocenters. The summed E-state index contributed by atoms with van der Waals surface area (Å²) < 4.78 is 5.53. The van der Waals surface area contributed by atoms with Gasteiger partial charge in [0.2, 0.25) is 5.91 Å². The molecule has 3 N–H and O–H groups in total. The van der Waals surface area contributed by atoms with E-state index >= 15 is 0 Å². The topological polar surface area (TPSA) is 88.2 Å². The van der Waals surface area contributed by atoms with Gasteiger partial charge >= 0.3 is 0 Å². The molecule has 6 heteroatoms. The highest BCUT2D eigenvalue weighted by Crippen LogP contribution is 2.43. The molecule has 102 valence electrons. The normalized spacial score (nSPS) is 28.4. The second kappa shape index (κ2) is 5.14. The minimum atomic E-state index is -0.765. The summed E-state index contributed by atoms with van der Waals surface area (Å²) in [6, 6.07) is 0. The van der Waals surface area contributed by atoms with E-state index in [4.69, 9.17) is 15.7 Å². The number of hydrogen-bond acceptors (Lipinski definition) is 4.